The van der Waals surface area contributed by atoms with Gasteiger partial charge < -0.3 is 10.6 Å². The molecule has 0 aromatic heterocycles. The Morgan fingerprint density at radius 3 is 2.64 bits per heavy atom. The van der Waals surface area contributed by atoms with E-state index in [0.717, 1.165) is 19.4 Å². The first-order valence-electron chi connectivity index (χ1n) is 5.43. The van der Waals surface area contributed by atoms with Crippen LogP contribution in [0.3, 0.4) is 0 Å². The van der Waals surface area contributed by atoms with Crippen molar-refractivity contribution < 1.29 is 4.79 Å². The molecule has 1 atom stereocenters. The zero-order valence-electron chi connectivity index (χ0n) is 9.55. The standard InChI is InChI=1S/C11H22N2O/c1-11(2,3)7-10(14)13-6-4-5-9(13)8-12/h9H,4-8,12H2,1-3H3. The number of likely N-dealkylation sites (tertiary alicyclic amines) is 1. The molecular weight excluding hydrogens is 176 g/mol. The lowest BCUT2D eigenvalue weighted by Gasteiger charge is -2.27. The molecule has 3 heteroatoms. The highest BCUT2D eigenvalue weighted by Gasteiger charge is 2.29. The number of hydrogen-bond donors (Lipinski definition) is 1. The lowest BCUT2D eigenvalue weighted by Crippen LogP contribution is -2.41. The Labute approximate surface area is 86.6 Å². The van der Waals surface area contributed by atoms with Gasteiger partial charge in [-0.25, -0.2) is 0 Å². The fourth-order valence-electron chi connectivity index (χ4n) is 1.96. The van der Waals surface area contributed by atoms with E-state index >= 15 is 0 Å². The van der Waals surface area contributed by atoms with Gasteiger partial charge in [0.2, 0.25) is 5.91 Å². The summed E-state index contributed by atoms with van der Waals surface area (Å²) in [5.74, 6) is 0.269. The second-order valence-corrected chi connectivity index (χ2v) is 5.36. The van der Waals surface area contributed by atoms with Gasteiger partial charge in [-0.2, -0.15) is 0 Å². The van der Waals surface area contributed by atoms with E-state index in [1.807, 2.05) is 4.90 Å². The van der Waals surface area contributed by atoms with Gasteiger partial charge in [0, 0.05) is 25.6 Å². The van der Waals surface area contributed by atoms with Crippen molar-refractivity contribution in [2.75, 3.05) is 13.1 Å². The predicted molar refractivity (Wildman–Crippen MR) is 57.9 cm³/mol. The van der Waals surface area contributed by atoms with Crippen molar-refractivity contribution in [3.05, 3.63) is 0 Å². The third kappa shape index (κ3) is 2.98. The van der Waals surface area contributed by atoms with E-state index in [9.17, 15) is 4.79 Å². The van der Waals surface area contributed by atoms with E-state index in [-0.39, 0.29) is 11.3 Å². The summed E-state index contributed by atoms with van der Waals surface area (Å²) in [6, 6.07) is 0.296. The number of carbonyl (C=O) groups excluding carboxylic acids is 1. The molecule has 14 heavy (non-hydrogen) atoms. The van der Waals surface area contributed by atoms with Gasteiger partial charge in [-0.3, -0.25) is 4.79 Å². The SMILES string of the molecule is CC(C)(C)CC(=O)N1CCCC1CN. The van der Waals surface area contributed by atoms with Crippen LogP contribution in [-0.2, 0) is 4.79 Å². The minimum absolute atomic E-state index is 0.0822. The van der Waals surface area contributed by atoms with Crippen molar-refractivity contribution in [1.29, 1.82) is 0 Å². The molecule has 0 spiro atoms. The van der Waals surface area contributed by atoms with E-state index in [4.69, 9.17) is 5.73 Å². The molecule has 1 fully saturated rings. The minimum atomic E-state index is 0.0822. The summed E-state index contributed by atoms with van der Waals surface area (Å²) < 4.78 is 0. The Bertz CT molecular complexity index is 208. The van der Waals surface area contributed by atoms with Crippen LogP contribution < -0.4 is 5.73 Å². The van der Waals surface area contributed by atoms with Crippen molar-refractivity contribution in [3.8, 4) is 0 Å². The maximum Gasteiger partial charge on any atom is 0.223 e. The highest BCUT2D eigenvalue weighted by Crippen LogP contribution is 2.24. The molecule has 1 amide bonds. The molecule has 1 heterocycles. The summed E-state index contributed by atoms with van der Waals surface area (Å²) in [7, 11) is 0. The van der Waals surface area contributed by atoms with Crippen LogP contribution in [-0.4, -0.2) is 29.9 Å². The molecule has 0 radical (unpaired) electrons. The third-order valence-corrected chi connectivity index (χ3v) is 2.65. The first-order chi connectivity index (χ1) is 6.44. The van der Waals surface area contributed by atoms with Gasteiger partial charge in [-0.05, 0) is 18.3 Å². The molecule has 1 rings (SSSR count). The molecule has 0 bridgehead atoms. The molecule has 1 saturated heterocycles. The van der Waals surface area contributed by atoms with Crippen molar-refractivity contribution in [2.24, 2.45) is 11.1 Å². The highest BCUT2D eigenvalue weighted by atomic mass is 16.2. The second-order valence-electron chi connectivity index (χ2n) is 5.36. The van der Waals surface area contributed by atoms with E-state index in [2.05, 4.69) is 20.8 Å². The van der Waals surface area contributed by atoms with Gasteiger partial charge in [0.05, 0.1) is 0 Å². The molecule has 82 valence electrons. The molecule has 1 aliphatic rings. The van der Waals surface area contributed by atoms with Crippen LogP contribution in [0.1, 0.15) is 40.0 Å². The van der Waals surface area contributed by atoms with Crippen LogP contribution in [0.4, 0.5) is 0 Å². The van der Waals surface area contributed by atoms with E-state index < -0.39 is 0 Å². The molecule has 0 aromatic rings. The number of carbonyl (C=O) groups is 1. The first-order valence-corrected chi connectivity index (χ1v) is 5.43. The van der Waals surface area contributed by atoms with Gasteiger partial charge in [0.1, 0.15) is 0 Å². The summed E-state index contributed by atoms with van der Waals surface area (Å²) in [6.45, 7) is 7.79. The minimum Gasteiger partial charge on any atom is -0.338 e. The molecule has 2 N–H and O–H groups in total. The van der Waals surface area contributed by atoms with Gasteiger partial charge in [-0.1, -0.05) is 20.8 Å². The fourth-order valence-corrected chi connectivity index (χ4v) is 1.96. The summed E-state index contributed by atoms with van der Waals surface area (Å²) >= 11 is 0. The Morgan fingerprint density at radius 1 is 1.50 bits per heavy atom. The summed E-state index contributed by atoms with van der Waals surface area (Å²) in [6.07, 6.45) is 2.81. The van der Waals surface area contributed by atoms with Crippen LogP contribution in [0.25, 0.3) is 0 Å². The molecular formula is C11H22N2O. The smallest absolute Gasteiger partial charge is 0.223 e. The zero-order chi connectivity index (χ0) is 10.8. The number of rotatable bonds is 2. The van der Waals surface area contributed by atoms with Gasteiger partial charge >= 0.3 is 0 Å². The first kappa shape index (κ1) is 11.5. The van der Waals surface area contributed by atoms with E-state index in [1.54, 1.807) is 0 Å². The lowest BCUT2D eigenvalue weighted by atomic mass is 9.91. The molecule has 3 nitrogen and oxygen atoms in total. The van der Waals surface area contributed by atoms with Gasteiger partial charge in [0.15, 0.2) is 0 Å². The molecule has 1 aliphatic heterocycles. The van der Waals surface area contributed by atoms with Crippen molar-refractivity contribution in [2.45, 2.75) is 46.1 Å². The Kier molecular flexibility index (Phi) is 3.53. The third-order valence-electron chi connectivity index (χ3n) is 2.65. The maximum absolute atomic E-state index is 11.9. The van der Waals surface area contributed by atoms with Crippen molar-refractivity contribution in [1.82, 2.24) is 4.90 Å². The van der Waals surface area contributed by atoms with E-state index in [0.29, 0.717) is 19.0 Å². The Morgan fingerprint density at radius 2 is 2.14 bits per heavy atom. The largest absolute Gasteiger partial charge is 0.338 e. The van der Waals surface area contributed by atoms with Gasteiger partial charge in [-0.15, -0.1) is 0 Å². The summed E-state index contributed by atoms with van der Waals surface area (Å²) in [5, 5.41) is 0. The number of amides is 1. The number of hydrogen-bond acceptors (Lipinski definition) is 2. The van der Waals surface area contributed by atoms with Gasteiger partial charge in [0.25, 0.3) is 0 Å². The number of nitrogens with zero attached hydrogens (tertiary/aromatic N) is 1. The summed E-state index contributed by atoms with van der Waals surface area (Å²) in [4.78, 5) is 13.9. The lowest BCUT2D eigenvalue weighted by molar-refractivity contribution is -0.133. The summed E-state index contributed by atoms with van der Waals surface area (Å²) in [5.41, 5.74) is 5.71. The van der Waals surface area contributed by atoms with Crippen LogP contribution in [0, 0.1) is 5.41 Å². The highest BCUT2D eigenvalue weighted by molar-refractivity contribution is 5.77. The molecule has 0 aromatic carbocycles. The average Bonchev–Trinajstić information content (AvgIpc) is 2.47. The van der Waals surface area contributed by atoms with Crippen LogP contribution in [0.5, 0.6) is 0 Å². The number of nitrogens with two attached hydrogens (primary N) is 1. The second kappa shape index (κ2) is 4.30. The zero-order valence-corrected chi connectivity index (χ0v) is 9.55. The Balaban J connectivity index is 2.52. The predicted octanol–water partition coefficient (Wildman–Crippen LogP) is 1.37. The fraction of sp³-hybridized carbons (Fsp3) is 0.909. The Hall–Kier alpha value is -0.570. The average molecular weight is 198 g/mol. The van der Waals surface area contributed by atoms with Crippen molar-refractivity contribution in [3.63, 3.8) is 0 Å². The molecule has 0 aliphatic carbocycles. The molecule has 0 saturated carbocycles. The quantitative estimate of drug-likeness (QED) is 0.728. The van der Waals surface area contributed by atoms with E-state index in [1.165, 1.54) is 0 Å². The van der Waals surface area contributed by atoms with Crippen LogP contribution in [0.15, 0.2) is 0 Å². The topological polar surface area (TPSA) is 46.3 Å². The maximum atomic E-state index is 11.9. The molecule has 1 unspecified atom stereocenters. The van der Waals surface area contributed by atoms with Crippen LogP contribution in [0.2, 0.25) is 0 Å². The van der Waals surface area contributed by atoms with Crippen LogP contribution >= 0.6 is 0 Å². The monoisotopic (exact) mass is 198 g/mol. The van der Waals surface area contributed by atoms with Crippen molar-refractivity contribution >= 4 is 5.91 Å². The normalized spacial score (nSPS) is 22.9.